The molecule has 1 aliphatic carbocycles. The maximum absolute atomic E-state index is 13.3. The SMILES string of the molecule is C[C@H](NC(=O)[C@H]1CCCC[C@@H]1c1ccc(CN(C)C(C)(C)c2ccccc2)cc1)c1ccccc1. The van der Waals surface area contributed by atoms with Crippen LogP contribution in [0.5, 0.6) is 0 Å². The van der Waals surface area contributed by atoms with Gasteiger partial charge < -0.3 is 5.32 Å². The number of nitrogens with one attached hydrogen (secondary N) is 1. The minimum Gasteiger partial charge on any atom is -0.349 e. The van der Waals surface area contributed by atoms with E-state index in [0.717, 1.165) is 31.4 Å². The van der Waals surface area contributed by atoms with E-state index in [4.69, 9.17) is 0 Å². The molecule has 184 valence electrons. The average Bonchev–Trinajstić information content (AvgIpc) is 2.90. The van der Waals surface area contributed by atoms with Crippen molar-refractivity contribution in [1.82, 2.24) is 10.2 Å². The van der Waals surface area contributed by atoms with Gasteiger partial charge >= 0.3 is 0 Å². The van der Waals surface area contributed by atoms with Gasteiger partial charge in [0, 0.05) is 18.0 Å². The Hall–Kier alpha value is -2.91. The lowest BCUT2D eigenvalue weighted by Gasteiger charge is -2.36. The van der Waals surface area contributed by atoms with Crippen molar-refractivity contribution >= 4 is 5.91 Å². The summed E-state index contributed by atoms with van der Waals surface area (Å²) < 4.78 is 0. The van der Waals surface area contributed by atoms with E-state index < -0.39 is 0 Å². The molecule has 3 nitrogen and oxygen atoms in total. The van der Waals surface area contributed by atoms with Gasteiger partial charge in [0.15, 0.2) is 0 Å². The Morgan fingerprint density at radius 2 is 1.51 bits per heavy atom. The second-order valence-corrected chi connectivity index (χ2v) is 10.7. The number of hydrogen-bond acceptors (Lipinski definition) is 2. The van der Waals surface area contributed by atoms with Gasteiger partial charge in [0.25, 0.3) is 0 Å². The number of amides is 1. The molecule has 0 bridgehead atoms. The molecule has 0 saturated heterocycles. The molecule has 1 amide bonds. The Morgan fingerprint density at radius 3 is 2.17 bits per heavy atom. The van der Waals surface area contributed by atoms with Crippen LogP contribution < -0.4 is 5.32 Å². The maximum atomic E-state index is 13.3. The third-order valence-electron chi connectivity index (χ3n) is 8.02. The van der Waals surface area contributed by atoms with Crippen molar-refractivity contribution < 1.29 is 4.79 Å². The predicted octanol–water partition coefficient (Wildman–Crippen LogP) is 7.20. The molecular formula is C32H40N2O. The van der Waals surface area contributed by atoms with E-state index in [9.17, 15) is 4.79 Å². The average molecular weight is 469 g/mol. The number of hydrogen-bond donors (Lipinski definition) is 1. The molecule has 3 aromatic rings. The Balaban J connectivity index is 1.42. The molecule has 4 rings (SSSR count). The quantitative estimate of drug-likeness (QED) is 0.379. The predicted molar refractivity (Wildman–Crippen MR) is 145 cm³/mol. The zero-order chi connectivity index (χ0) is 24.8. The third kappa shape index (κ3) is 6.02. The highest BCUT2D eigenvalue weighted by atomic mass is 16.2. The van der Waals surface area contributed by atoms with Crippen molar-refractivity contribution in [3.8, 4) is 0 Å². The first-order valence-corrected chi connectivity index (χ1v) is 13.1. The molecule has 1 aliphatic rings. The van der Waals surface area contributed by atoms with Gasteiger partial charge in [-0.05, 0) is 68.8 Å². The van der Waals surface area contributed by atoms with Crippen LogP contribution in [0.4, 0.5) is 0 Å². The Kier molecular flexibility index (Phi) is 8.07. The number of benzene rings is 3. The summed E-state index contributed by atoms with van der Waals surface area (Å²) in [4.78, 5) is 15.7. The van der Waals surface area contributed by atoms with Gasteiger partial charge in [-0.2, -0.15) is 0 Å². The Bertz CT molecular complexity index is 1080. The van der Waals surface area contributed by atoms with Crippen molar-refractivity contribution in [3.63, 3.8) is 0 Å². The topological polar surface area (TPSA) is 32.3 Å². The van der Waals surface area contributed by atoms with Crippen LogP contribution >= 0.6 is 0 Å². The van der Waals surface area contributed by atoms with Crippen LogP contribution in [0.15, 0.2) is 84.9 Å². The van der Waals surface area contributed by atoms with Crippen LogP contribution in [-0.2, 0) is 16.9 Å². The van der Waals surface area contributed by atoms with Gasteiger partial charge in [0.2, 0.25) is 5.91 Å². The summed E-state index contributed by atoms with van der Waals surface area (Å²) in [5.41, 5.74) is 5.02. The first-order valence-electron chi connectivity index (χ1n) is 13.1. The molecule has 1 fully saturated rings. The minimum absolute atomic E-state index is 0.0251. The van der Waals surface area contributed by atoms with E-state index in [1.165, 1.54) is 23.1 Å². The molecule has 1 saturated carbocycles. The van der Waals surface area contributed by atoms with Crippen LogP contribution in [0.25, 0.3) is 0 Å². The highest BCUT2D eigenvalue weighted by Gasteiger charge is 2.33. The molecule has 1 N–H and O–H groups in total. The van der Waals surface area contributed by atoms with E-state index in [1.54, 1.807) is 0 Å². The lowest BCUT2D eigenvalue weighted by Crippen LogP contribution is -2.38. The van der Waals surface area contributed by atoms with E-state index in [2.05, 4.69) is 105 Å². The van der Waals surface area contributed by atoms with E-state index in [1.807, 2.05) is 18.2 Å². The van der Waals surface area contributed by atoms with Crippen LogP contribution in [0.1, 0.15) is 80.7 Å². The summed E-state index contributed by atoms with van der Waals surface area (Å²) in [6.07, 6.45) is 4.37. The minimum atomic E-state index is -0.0536. The summed E-state index contributed by atoms with van der Waals surface area (Å²) in [5.74, 6) is 0.527. The summed E-state index contributed by atoms with van der Waals surface area (Å²) in [6.45, 7) is 7.51. The van der Waals surface area contributed by atoms with Crippen molar-refractivity contribution in [2.24, 2.45) is 5.92 Å². The molecule has 0 aromatic heterocycles. The number of rotatable bonds is 8. The highest BCUT2D eigenvalue weighted by molar-refractivity contribution is 5.80. The van der Waals surface area contributed by atoms with Crippen LogP contribution in [-0.4, -0.2) is 17.9 Å². The van der Waals surface area contributed by atoms with Gasteiger partial charge in [0.1, 0.15) is 0 Å². The molecule has 0 unspecified atom stereocenters. The summed E-state index contributed by atoms with van der Waals surface area (Å²) in [5, 5.41) is 3.29. The Morgan fingerprint density at radius 1 is 0.914 bits per heavy atom. The second kappa shape index (κ2) is 11.2. The normalized spacial score (nSPS) is 19.3. The summed E-state index contributed by atoms with van der Waals surface area (Å²) >= 11 is 0. The molecule has 3 aromatic carbocycles. The molecule has 0 aliphatic heterocycles. The van der Waals surface area contributed by atoms with E-state index in [-0.39, 0.29) is 23.4 Å². The number of carbonyl (C=O) groups is 1. The lowest BCUT2D eigenvalue weighted by atomic mass is 9.74. The molecule has 0 radical (unpaired) electrons. The zero-order valence-corrected chi connectivity index (χ0v) is 21.7. The van der Waals surface area contributed by atoms with Gasteiger partial charge in [-0.25, -0.2) is 0 Å². The van der Waals surface area contributed by atoms with Crippen LogP contribution in [0.3, 0.4) is 0 Å². The van der Waals surface area contributed by atoms with Crippen molar-refractivity contribution in [1.29, 1.82) is 0 Å². The largest absolute Gasteiger partial charge is 0.349 e. The fourth-order valence-corrected chi connectivity index (χ4v) is 5.40. The maximum Gasteiger partial charge on any atom is 0.224 e. The zero-order valence-electron chi connectivity index (χ0n) is 21.7. The lowest BCUT2D eigenvalue weighted by molar-refractivity contribution is -0.127. The van der Waals surface area contributed by atoms with Crippen molar-refractivity contribution in [2.45, 2.75) is 70.5 Å². The van der Waals surface area contributed by atoms with E-state index >= 15 is 0 Å². The van der Waals surface area contributed by atoms with Crippen LogP contribution in [0, 0.1) is 5.92 Å². The molecule has 3 atom stereocenters. The number of carbonyl (C=O) groups excluding carboxylic acids is 1. The smallest absolute Gasteiger partial charge is 0.224 e. The van der Waals surface area contributed by atoms with Gasteiger partial charge in [0.05, 0.1) is 6.04 Å². The second-order valence-electron chi connectivity index (χ2n) is 10.7. The first kappa shape index (κ1) is 25.2. The van der Waals surface area contributed by atoms with Gasteiger partial charge in [-0.15, -0.1) is 0 Å². The fraction of sp³-hybridized carbons (Fsp3) is 0.406. The van der Waals surface area contributed by atoms with Gasteiger partial charge in [-0.3, -0.25) is 9.69 Å². The third-order valence-corrected chi connectivity index (χ3v) is 8.02. The Labute approximate surface area is 211 Å². The van der Waals surface area contributed by atoms with Gasteiger partial charge in [-0.1, -0.05) is 97.8 Å². The molecular weight excluding hydrogens is 428 g/mol. The number of nitrogens with zero attached hydrogens (tertiary/aromatic N) is 1. The fourth-order valence-electron chi connectivity index (χ4n) is 5.40. The molecule has 0 spiro atoms. The monoisotopic (exact) mass is 468 g/mol. The standard InChI is InChI=1S/C32H40N2O/c1-24(26-13-7-5-8-14-26)33-31(35)30-18-12-11-17-29(30)27-21-19-25(20-22-27)23-34(4)32(2,3)28-15-9-6-10-16-28/h5-10,13-16,19-22,24,29-30H,11-12,17-18,23H2,1-4H3,(H,33,35)/t24-,29+,30-/m0/s1. The van der Waals surface area contributed by atoms with Crippen molar-refractivity contribution in [2.75, 3.05) is 7.05 Å². The van der Waals surface area contributed by atoms with E-state index in [0.29, 0.717) is 5.92 Å². The highest BCUT2D eigenvalue weighted by Crippen LogP contribution is 2.38. The molecule has 3 heteroatoms. The molecule has 35 heavy (non-hydrogen) atoms. The first-order chi connectivity index (χ1) is 16.9. The molecule has 0 heterocycles. The van der Waals surface area contributed by atoms with Crippen LogP contribution in [0.2, 0.25) is 0 Å². The summed E-state index contributed by atoms with van der Waals surface area (Å²) in [7, 11) is 2.19. The van der Waals surface area contributed by atoms with Crippen molar-refractivity contribution in [3.05, 3.63) is 107 Å². The summed E-state index contributed by atoms with van der Waals surface area (Å²) in [6, 6.07) is 30.0.